The van der Waals surface area contributed by atoms with Crippen molar-refractivity contribution in [3.05, 3.63) is 133 Å². The molecule has 1 heterocycles. The number of hydrazine groups is 1. The molecule has 0 radical (unpaired) electrons. The van der Waals surface area contributed by atoms with Gasteiger partial charge in [-0.2, -0.15) is 5.01 Å². The molecule has 204 valence electrons. The highest BCUT2D eigenvalue weighted by Gasteiger charge is 2.42. The number of ketones is 1. The highest BCUT2D eigenvalue weighted by atomic mass is 35.5. The zero-order valence-electron chi connectivity index (χ0n) is 20.8. The van der Waals surface area contributed by atoms with E-state index in [9.17, 15) is 29.3 Å². The van der Waals surface area contributed by atoms with E-state index in [1.165, 1.54) is 78.9 Å². The van der Waals surface area contributed by atoms with Crippen LogP contribution < -0.4 is 4.74 Å². The fourth-order valence-corrected chi connectivity index (χ4v) is 4.63. The van der Waals surface area contributed by atoms with Gasteiger partial charge in [0.25, 0.3) is 23.4 Å². The summed E-state index contributed by atoms with van der Waals surface area (Å²) in [6.07, 6.45) is 0. The van der Waals surface area contributed by atoms with Gasteiger partial charge in [-0.25, -0.2) is 5.01 Å². The fourth-order valence-electron chi connectivity index (χ4n) is 4.14. The number of imide groups is 1. The van der Waals surface area contributed by atoms with E-state index in [1.807, 2.05) is 0 Å². The highest BCUT2D eigenvalue weighted by molar-refractivity contribution is 6.37. The molecule has 0 aromatic heterocycles. The predicted molar refractivity (Wildman–Crippen MR) is 148 cm³/mol. The number of Topliss-reactive ketones (excluding diaryl/α,β-unsaturated/α-hetero) is 1. The molecule has 0 unspecified atom stereocenters. The molecule has 0 fully saturated rings. The summed E-state index contributed by atoms with van der Waals surface area (Å²) >= 11 is 12.2. The van der Waals surface area contributed by atoms with Crippen molar-refractivity contribution in [1.29, 1.82) is 0 Å². The number of rotatable bonds is 8. The Morgan fingerprint density at radius 3 is 1.93 bits per heavy atom. The van der Waals surface area contributed by atoms with Crippen LogP contribution in [0.5, 0.6) is 11.5 Å². The van der Waals surface area contributed by atoms with Crippen LogP contribution in [-0.2, 0) is 0 Å². The summed E-state index contributed by atoms with van der Waals surface area (Å²) in [5.41, 5.74) is 0.204. The lowest BCUT2D eigenvalue weighted by Crippen LogP contribution is -2.51. The topological polar surface area (TPSA) is 127 Å². The van der Waals surface area contributed by atoms with Gasteiger partial charge in [0.2, 0.25) is 0 Å². The van der Waals surface area contributed by atoms with Gasteiger partial charge in [-0.1, -0.05) is 35.3 Å². The third kappa shape index (κ3) is 5.51. The van der Waals surface area contributed by atoms with E-state index in [1.54, 1.807) is 12.1 Å². The lowest BCUT2D eigenvalue weighted by atomic mass is 10.1. The largest absolute Gasteiger partial charge is 0.457 e. The predicted octanol–water partition coefficient (Wildman–Crippen LogP) is 6.23. The number of carbonyl (C=O) groups is 4. The Hall–Kier alpha value is -5.06. The van der Waals surface area contributed by atoms with Crippen molar-refractivity contribution < 1.29 is 28.8 Å². The summed E-state index contributed by atoms with van der Waals surface area (Å²) in [5.74, 6) is -2.27. The molecule has 1 aliphatic heterocycles. The molecule has 0 saturated heterocycles. The van der Waals surface area contributed by atoms with Gasteiger partial charge in [-0.15, -0.1) is 0 Å². The van der Waals surface area contributed by atoms with Gasteiger partial charge in [0.15, 0.2) is 5.78 Å². The number of benzene rings is 4. The Kier molecular flexibility index (Phi) is 7.52. The maximum atomic E-state index is 13.6. The number of nitro groups is 1. The molecule has 12 heteroatoms. The Labute approximate surface area is 242 Å². The molecule has 0 bridgehead atoms. The number of fused-ring (bicyclic) bond motifs is 1. The monoisotopic (exact) mass is 589 g/mol. The Morgan fingerprint density at radius 1 is 0.829 bits per heavy atom. The number of non-ortho nitro benzene ring substituents is 1. The summed E-state index contributed by atoms with van der Waals surface area (Å²) in [6.45, 7) is -0.661. The number of amides is 3. The number of hydrogen-bond donors (Lipinski definition) is 0. The lowest BCUT2D eigenvalue weighted by Gasteiger charge is -2.29. The first kappa shape index (κ1) is 27.5. The molecule has 3 amide bonds. The van der Waals surface area contributed by atoms with Crippen molar-refractivity contribution in [3.63, 3.8) is 0 Å². The summed E-state index contributed by atoms with van der Waals surface area (Å²) in [6, 6.07) is 21.5. The average molecular weight is 590 g/mol. The van der Waals surface area contributed by atoms with Gasteiger partial charge in [-0.3, -0.25) is 29.3 Å². The molecular weight excluding hydrogens is 573 g/mol. The molecule has 41 heavy (non-hydrogen) atoms. The van der Waals surface area contributed by atoms with Crippen LogP contribution in [0.25, 0.3) is 0 Å². The highest BCUT2D eigenvalue weighted by Crippen LogP contribution is 2.29. The molecule has 0 aliphatic carbocycles. The van der Waals surface area contributed by atoms with Gasteiger partial charge < -0.3 is 4.74 Å². The molecule has 0 saturated carbocycles. The van der Waals surface area contributed by atoms with Crippen molar-refractivity contribution >= 4 is 52.4 Å². The zero-order valence-corrected chi connectivity index (χ0v) is 22.3. The van der Waals surface area contributed by atoms with Crippen molar-refractivity contribution in [2.24, 2.45) is 0 Å². The van der Waals surface area contributed by atoms with Crippen molar-refractivity contribution in [2.45, 2.75) is 0 Å². The standard InChI is InChI=1S/C29H17Cl2N3O7/c30-18-7-14-24(25(31)15-18)27(36)32(33-28(37)22-3-1-2-4-23(22)29(33)38)16-26(35)17-5-10-20(11-6-17)41-21-12-8-19(9-13-21)34(39)40/h1-15H,16H2. The van der Waals surface area contributed by atoms with Crippen molar-refractivity contribution in [1.82, 2.24) is 10.0 Å². The third-order valence-electron chi connectivity index (χ3n) is 6.16. The van der Waals surface area contributed by atoms with E-state index >= 15 is 0 Å². The maximum Gasteiger partial charge on any atom is 0.280 e. The minimum atomic E-state index is -0.854. The first-order valence-electron chi connectivity index (χ1n) is 11.9. The summed E-state index contributed by atoms with van der Waals surface area (Å²) < 4.78 is 5.67. The molecule has 0 atom stereocenters. The molecular formula is C29H17Cl2N3O7. The van der Waals surface area contributed by atoms with E-state index in [4.69, 9.17) is 27.9 Å². The molecule has 5 rings (SSSR count). The number of hydrogen-bond acceptors (Lipinski definition) is 7. The van der Waals surface area contributed by atoms with Gasteiger partial charge >= 0.3 is 0 Å². The molecule has 4 aromatic carbocycles. The van der Waals surface area contributed by atoms with Gasteiger partial charge in [-0.05, 0) is 66.7 Å². The van der Waals surface area contributed by atoms with Gasteiger partial charge in [0, 0.05) is 22.7 Å². The van der Waals surface area contributed by atoms with Crippen LogP contribution in [0.2, 0.25) is 10.0 Å². The smallest absolute Gasteiger partial charge is 0.280 e. The van der Waals surface area contributed by atoms with Crippen LogP contribution >= 0.6 is 23.2 Å². The second-order valence-corrected chi connectivity index (χ2v) is 9.60. The van der Waals surface area contributed by atoms with Crippen LogP contribution in [0.4, 0.5) is 5.69 Å². The third-order valence-corrected chi connectivity index (χ3v) is 6.71. The van der Waals surface area contributed by atoms with Crippen LogP contribution in [0.15, 0.2) is 91.0 Å². The number of carbonyl (C=O) groups excluding carboxylic acids is 4. The summed E-state index contributed by atoms with van der Waals surface area (Å²) in [5, 5.41) is 12.5. The van der Waals surface area contributed by atoms with E-state index in [0.29, 0.717) is 16.5 Å². The zero-order chi connectivity index (χ0) is 29.3. The van der Waals surface area contributed by atoms with Gasteiger partial charge in [0.05, 0.1) is 26.6 Å². The normalized spacial score (nSPS) is 12.2. The van der Waals surface area contributed by atoms with E-state index in [0.717, 1.165) is 5.01 Å². The maximum absolute atomic E-state index is 13.6. The Balaban J connectivity index is 1.41. The van der Waals surface area contributed by atoms with Crippen LogP contribution in [-0.4, -0.2) is 45.0 Å². The SMILES string of the molecule is O=C(CN(C(=O)c1ccc(Cl)cc1Cl)N1C(=O)c2ccccc2C1=O)c1ccc(Oc2ccc([N+](=O)[O-])cc2)cc1. The number of ether oxygens (including phenoxy) is 1. The Bertz CT molecular complexity index is 1690. The number of halogens is 2. The summed E-state index contributed by atoms with van der Waals surface area (Å²) in [7, 11) is 0. The number of nitrogens with zero attached hydrogens (tertiary/aromatic N) is 3. The summed E-state index contributed by atoms with van der Waals surface area (Å²) in [4.78, 5) is 63.7. The van der Waals surface area contributed by atoms with Crippen molar-refractivity contribution in [3.8, 4) is 11.5 Å². The molecule has 10 nitrogen and oxygen atoms in total. The van der Waals surface area contributed by atoms with Crippen LogP contribution in [0.1, 0.15) is 41.4 Å². The quantitative estimate of drug-likeness (QED) is 0.103. The average Bonchev–Trinajstić information content (AvgIpc) is 3.21. The first-order valence-corrected chi connectivity index (χ1v) is 12.7. The van der Waals surface area contributed by atoms with E-state index in [2.05, 4.69) is 0 Å². The molecule has 1 aliphatic rings. The lowest BCUT2D eigenvalue weighted by molar-refractivity contribution is -0.384. The van der Waals surface area contributed by atoms with Crippen LogP contribution in [0.3, 0.4) is 0 Å². The van der Waals surface area contributed by atoms with E-state index in [-0.39, 0.29) is 38.0 Å². The minimum absolute atomic E-state index is 0.0238. The fraction of sp³-hybridized carbons (Fsp3) is 0.0345. The molecule has 0 spiro atoms. The molecule has 4 aromatic rings. The second-order valence-electron chi connectivity index (χ2n) is 8.76. The second kappa shape index (κ2) is 11.2. The van der Waals surface area contributed by atoms with E-state index < -0.39 is 35.0 Å². The number of nitro benzene ring substituents is 1. The molecule has 0 N–H and O–H groups in total. The van der Waals surface area contributed by atoms with Crippen LogP contribution in [0, 0.1) is 10.1 Å². The van der Waals surface area contributed by atoms with Gasteiger partial charge in [0.1, 0.15) is 18.0 Å². The first-order chi connectivity index (χ1) is 19.6. The minimum Gasteiger partial charge on any atom is -0.457 e. The Morgan fingerprint density at radius 2 is 1.39 bits per heavy atom. The van der Waals surface area contributed by atoms with Crippen molar-refractivity contribution in [2.75, 3.05) is 6.54 Å².